The predicted octanol–water partition coefficient (Wildman–Crippen LogP) is -2.86. The normalized spacial score (nSPS) is 9.00. The minimum absolute atomic E-state index is 0. The zero-order valence-corrected chi connectivity index (χ0v) is 10.7. The van der Waals surface area contributed by atoms with Gasteiger partial charge in [-0.3, -0.25) is 0 Å². The van der Waals surface area contributed by atoms with Crippen molar-refractivity contribution < 1.29 is 4.70 Å². The van der Waals surface area contributed by atoms with Crippen molar-refractivity contribution in [2.45, 2.75) is 0 Å². The molecule has 0 aromatic carbocycles. The Morgan fingerprint density at radius 1 is 1.75 bits per heavy atom. The number of halogens is 1. The van der Waals surface area contributed by atoms with Gasteiger partial charge in [0.2, 0.25) is 0 Å². The quantitative estimate of drug-likeness (QED) is 0.331. The minimum atomic E-state index is 0. The van der Waals surface area contributed by atoms with E-state index in [9.17, 15) is 0 Å². The van der Waals surface area contributed by atoms with Crippen LogP contribution in [-0.4, -0.2) is 33.2 Å². The van der Waals surface area contributed by atoms with Gasteiger partial charge in [0.15, 0.2) is 0 Å². The van der Waals surface area contributed by atoms with E-state index in [4.69, 9.17) is 0 Å². The van der Waals surface area contributed by atoms with Gasteiger partial charge < -0.3 is 0 Å². The van der Waals surface area contributed by atoms with Crippen LogP contribution in [0.5, 0.6) is 0 Å². The van der Waals surface area contributed by atoms with Gasteiger partial charge in [-0.25, -0.2) is 0 Å². The zero-order chi connectivity index (χ0) is 2.71. The van der Waals surface area contributed by atoms with Crippen LogP contribution in [0.1, 0.15) is 0 Å². The van der Waals surface area contributed by atoms with E-state index in [1.165, 1.54) is 15.9 Å². The van der Waals surface area contributed by atoms with E-state index in [-0.39, 0.29) is 4.70 Å². The molecule has 0 aliphatic carbocycles. The summed E-state index contributed by atoms with van der Waals surface area (Å²) in [5, 5.41) is 0. The molecule has 0 fully saturated rings. The summed E-state index contributed by atoms with van der Waals surface area (Å²) in [5.74, 6) is 0. The van der Waals surface area contributed by atoms with Crippen molar-refractivity contribution in [2.24, 2.45) is 0 Å². The molecule has 0 N–H and O–H groups in total. The van der Waals surface area contributed by atoms with E-state index in [1.54, 1.807) is 9.76 Å². The van der Waals surface area contributed by atoms with E-state index >= 15 is 0 Å². The van der Waals surface area contributed by atoms with E-state index in [0.717, 1.165) is 7.56 Å². The summed E-state index contributed by atoms with van der Waals surface area (Å²) >= 11 is 1.30. The van der Waals surface area contributed by atoms with E-state index in [2.05, 4.69) is 0 Å². The monoisotopic (exact) mass is 157 g/mol. The fraction of sp³-hybridized carbons (Fsp3) is 0. The van der Waals surface area contributed by atoms with Gasteiger partial charge in [-0.1, -0.05) is 0 Å². The Bertz CT molecular complexity index is 6.00. The first-order valence-electron chi connectivity index (χ1n) is 1.41. The van der Waals surface area contributed by atoms with Crippen molar-refractivity contribution in [1.29, 1.82) is 0 Å². The van der Waals surface area contributed by atoms with Crippen LogP contribution >= 0.6 is 0 Å². The van der Waals surface area contributed by atoms with Crippen molar-refractivity contribution in [3.8, 4) is 0 Å². The van der Waals surface area contributed by atoms with E-state index < -0.39 is 0 Å². The summed E-state index contributed by atoms with van der Waals surface area (Å²) in [4.78, 5) is 0. The first kappa shape index (κ1) is 8.86. The van der Waals surface area contributed by atoms with Crippen LogP contribution in [-0.2, 0) is 0 Å². The van der Waals surface area contributed by atoms with Gasteiger partial charge in [-0.15, -0.1) is 0 Å². The Balaban J connectivity index is 0. The standard InChI is InChI=1S/F.GeH8Si2/c;1-3-2/h;3H2,1-2H3. The first-order chi connectivity index (χ1) is 1.41. The molecule has 0 atom stereocenters. The molecule has 4 heteroatoms. The molecular weight excluding hydrogens is 148 g/mol. The molecule has 1 radical (unpaired) electrons. The number of hydrogen-bond donors (Lipinski definition) is 0. The van der Waals surface area contributed by atoms with Gasteiger partial charge in [-0.2, -0.15) is 0 Å². The second-order valence-corrected chi connectivity index (χ2v) is 33.1. The van der Waals surface area contributed by atoms with Crippen molar-refractivity contribution in [1.82, 2.24) is 0 Å². The molecular formula is H8FGeSi2. The Morgan fingerprint density at radius 2 is 1.75 bits per heavy atom. The molecule has 4 heavy (non-hydrogen) atoms. The van der Waals surface area contributed by atoms with Crippen LogP contribution in [0.15, 0.2) is 0 Å². The summed E-state index contributed by atoms with van der Waals surface area (Å²) in [6.45, 7) is 0. The molecule has 27 valence electrons. The van der Waals surface area contributed by atoms with Crippen LogP contribution in [0.25, 0.3) is 0 Å². The second-order valence-electron chi connectivity index (χ2n) is 0.707. The number of rotatable bonds is 0. The van der Waals surface area contributed by atoms with E-state index in [0.29, 0.717) is 0 Å². The summed E-state index contributed by atoms with van der Waals surface area (Å²) in [6.07, 6.45) is 0. The van der Waals surface area contributed by atoms with Crippen molar-refractivity contribution in [2.75, 3.05) is 0 Å². The Morgan fingerprint density at radius 3 is 1.75 bits per heavy atom. The molecule has 0 amide bonds. The Labute approximate surface area is 38.4 Å². The molecule has 0 saturated heterocycles. The Kier molecular flexibility index (Phi) is 20.1. The first-order valence-corrected chi connectivity index (χ1v) is 17.4. The predicted molar refractivity (Wildman–Crippen MR) is 29.5 cm³/mol. The van der Waals surface area contributed by atoms with Gasteiger partial charge in [0.05, 0.1) is 0 Å². The van der Waals surface area contributed by atoms with Gasteiger partial charge in [-0.05, 0) is 0 Å². The van der Waals surface area contributed by atoms with Crippen molar-refractivity contribution >= 4 is 33.2 Å². The van der Waals surface area contributed by atoms with Crippen LogP contribution < -0.4 is 0 Å². The molecule has 0 aromatic rings. The molecule has 0 saturated carbocycles. The molecule has 0 rings (SSSR count). The van der Waals surface area contributed by atoms with Crippen LogP contribution in [0, 0.1) is 0 Å². The van der Waals surface area contributed by atoms with Crippen molar-refractivity contribution in [3.05, 3.63) is 0 Å². The summed E-state index contributed by atoms with van der Waals surface area (Å²) in [7, 11) is 2.33. The summed E-state index contributed by atoms with van der Waals surface area (Å²) < 4.78 is 0. The molecule has 0 spiro atoms. The van der Waals surface area contributed by atoms with Crippen LogP contribution in [0.3, 0.4) is 0 Å². The zero-order valence-electron chi connectivity index (χ0n) is 3.09. The molecule has 0 bridgehead atoms. The molecule has 0 nitrogen and oxygen atoms in total. The molecule has 0 aromatic heterocycles. The average molecular weight is 156 g/mol. The van der Waals surface area contributed by atoms with Gasteiger partial charge in [0.25, 0.3) is 0 Å². The van der Waals surface area contributed by atoms with Gasteiger partial charge >= 0.3 is 33.2 Å². The fourth-order valence-electron chi connectivity index (χ4n) is 0. The fourth-order valence-corrected chi connectivity index (χ4v) is 0. The number of hydrogen-bond acceptors (Lipinski definition) is 0. The third-order valence-corrected chi connectivity index (χ3v) is 0. The van der Waals surface area contributed by atoms with Gasteiger partial charge in [0, 0.05) is 4.70 Å². The topological polar surface area (TPSA) is 0 Å². The van der Waals surface area contributed by atoms with Crippen molar-refractivity contribution in [3.63, 3.8) is 0 Å². The summed E-state index contributed by atoms with van der Waals surface area (Å²) in [5.41, 5.74) is 0. The molecule has 0 unspecified atom stereocenters. The maximum atomic E-state index is 1.59. The van der Waals surface area contributed by atoms with Gasteiger partial charge in [0.1, 0.15) is 0 Å². The maximum absolute atomic E-state index is 1.59. The van der Waals surface area contributed by atoms with Crippen LogP contribution in [0.4, 0.5) is 4.70 Å². The molecule has 0 aliphatic heterocycles. The Hall–Kier alpha value is 0.907. The molecule has 0 heterocycles. The van der Waals surface area contributed by atoms with Crippen LogP contribution in [0.2, 0.25) is 0 Å². The third kappa shape index (κ3) is 12.9. The molecule has 0 aliphatic rings. The average Bonchev–Trinajstić information content (AvgIpc) is 0.918. The second kappa shape index (κ2) is 9.08. The SMILES string of the molecule is [F].[SiH3][SiH2][GeH3]. The third-order valence-electron chi connectivity index (χ3n) is 0. The summed E-state index contributed by atoms with van der Waals surface area (Å²) in [6, 6.07) is 0. The van der Waals surface area contributed by atoms with E-state index in [1.807, 2.05) is 0 Å².